The van der Waals surface area contributed by atoms with Crippen LogP contribution in [0, 0.1) is 0 Å². The van der Waals surface area contributed by atoms with Gasteiger partial charge in [0.25, 0.3) is 0 Å². The molecule has 118 valence electrons. The van der Waals surface area contributed by atoms with Crippen molar-refractivity contribution in [3.8, 4) is 5.75 Å². The molecule has 5 nitrogen and oxygen atoms in total. The number of hydrogen-bond acceptors (Lipinski definition) is 4. The van der Waals surface area contributed by atoms with Crippen LogP contribution in [-0.2, 0) is 0 Å². The summed E-state index contributed by atoms with van der Waals surface area (Å²) in [6, 6.07) is 13.4. The van der Waals surface area contributed by atoms with Gasteiger partial charge in [-0.3, -0.25) is 0 Å². The summed E-state index contributed by atoms with van der Waals surface area (Å²) in [7, 11) is 0. The van der Waals surface area contributed by atoms with Gasteiger partial charge in [-0.25, -0.2) is 9.98 Å². The average Bonchev–Trinajstić information content (AvgIpc) is 2.98. The van der Waals surface area contributed by atoms with Crippen molar-refractivity contribution < 1.29 is 5.11 Å². The number of phenolic OH excluding ortho intramolecular Hbond substituents is 1. The van der Waals surface area contributed by atoms with Crippen LogP contribution in [0.15, 0.2) is 47.5 Å². The lowest BCUT2D eigenvalue weighted by Crippen LogP contribution is -2.21. The predicted octanol–water partition coefficient (Wildman–Crippen LogP) is 3.87. The minimum absolute atomic E-state index is 0.217. The predicted molar refractivity (Wildman–Crippen MR) is 95.0 cm³/mol. The zero-order chi connectivity index (χ0) is 16.2. The number of phenols is 1. The summed E-state index contributed by atoms with van der Waals surface area (Å²) < 4.78 is 0. The molecule has 0 aliphatic rings. The number of para-hydroxylation sites is 2. The number of nitrogens with zero attached hydrogens (tertiary/aromatic N) is 3. The van der Waals surface area contributed by atoms with Gasteiger partial charge < -0.3 is 15.0 Å². The Morgan fingerprint density at radius 1 is 1.17 bits per heavy atom. The number of aliphatic imine (C=N–C) groups is 1. The van der Waals surface area contributed by atoms with Crippen molar-refractivity contribution in [3.63, 3.8) is 0 Å². The standard InChI is InChI=1S/C18H20N4O/c1-3-22(4-2)14-10-9-13(17(23)11-14)12-19-18-20-15-7-5-6-8-16(15)21-18/h5-12,23H,3-4H2,1-2H3,(H,20,21)/b19-12+. The smallest absolute Gasteiger partial charge is 0.227 e. The molecule has 0 aliphatic heterocycles. The zero-order valence-electron chi connectivity index (χ0n) is 13.3. The first kappa shape index (κ1) is 15.1. The van der Waals surface area contributed by atoms with Crippen molar-refractivity contribution >= 4 is 28.9 Å². The molecular weight excluding hydrogens is 288 g/mol. The van der Waals surface area contributed by atoms with E-state index >= 15 is 0 Å². The van der Waals surface area contributed by atoms with Crippen LogP contribution in [0.5, 0.6) is 5.75 Å². The number of fused-ring (bicyclic) bond motifs is 1. The van der Waals surface area contributed by atoms with Crippen LogP contribution < -0.4 is 4.90 Å². The topological polar surface area (TPSA) is 64.5 Å². The van der Waals surface area contributed by atoms with Gasteiger partial charge in [0.15, 0.2) is 0 Å². The summed E-state index contributed by atoms with van der Waals surface area (Å²) in [4.78, 5) is 14.0. The quantitative estimate of drug-likeness (QED) is 0.703. The van der Waals surface area contributed by atoms with Gasteiger partial charge in [0.2, 0.25) is 5.95 Å². The summed E-state index contributed by atoms with van der Waals surface area (Å²) >= 11 is 0. The Balaban J connectivity index is 1.84. The molecule has 3 aromatic rings. The number of rotatable bonds is 5. The number of benzene rings is 2. The molecule has 23 heavy (non-hydrogen) atoms. The number of imidazole rings is 1. The highest BCUT2D eigenvalue weighted by Gasteiger charge is 2.06. The first-order valence-corrected chi connectivity index (χ1v) is 7.78. The van der Waals surface area contributed by atoms with Crippen molar-refractivity contribution in [1.29, 1.82) is 0 Å². The van der Waals surface area contributed by atoms with Crippen LogP contribution in [0.25, 0.3) is 11.0 Å². The largest absolute Gasteiger partial charge is 0.507 e. The fourth-order valence-electron chi connectivity index (χ4n) is 2.56. The number of nitrogens with one attached hydrogen (secondary N) is 1. The van der Waals surface area contributed by atoms with Crippen LogP contribution >= 0.6 is 0 Å². The van der Waals surface area contributed by atoms with E-state index in [0.29, 0.717) is 11.5 Å². The van der Waals surface area contributed by atoms with Gasteiger partial charge in [0.05, 0.1) is 11.0 Å². The fourth-order valence-corrected chi connectivity index (χ4v) is 2.56. The van der Waals surface area contributed by atoms with Crippen LogP contribution in [0.2, 0.25) is 0 Å². The van der Waals surface area contributed by atoms with Gasteiger partial charge in [0.1, 0.15) is 5.75 Å². The third-order valence-electron chi connectivity index (χ3n) is 3.85. The second kappa shape index (κ2) is 6.52. The first-order chi connectivity index (χ1) is 11.2. The van der Waals surface area contributed by atoms with E-state index in [9.17, 15) is 5.11 Å². The third kappa shape index (κ3) is 3.18. The maximum Gasteiger partial charge on any atom is 0.227 e. The van der Waals surface area contributed by atoms with Crippen molar-refractivity contribution in [2.75, 3.05) is 18.0 Å². The molecule has 0 fully saturated rings. The molecule has 0 saturated heterocycles. The highest BCUT2D eigenvalue weighted by atomic mass is 16.3. The SMILES string of the molecule is CCN(CC)c1ccc(/C=N/c2nc3ccccc3[nH]2)c(O)c1. The molecule has 2 N–H and O–H groups in total. The van der Waals surface area contributed by atoms with E-state index in [4.69, 9.17) is 0 Å². The van der Waals surface area contributed by atoms with Gasteiger partial charge in [-0.15, -0.1) is 0 Å². The summed E-state index contributed by atoms with van der Waals surface area (Å²) in [6.45, 7) is 6.00. The molecule has 5 heteroatoms. The Morgan fingerprint density at radius 3 is 2.65 bits per heavy atom. The highest BCUT2D eigenvalue weighted by Crippen LogP contribution is 2.24. The summed E-state index contributed by atoms with van der Waals surface area (Å²) in [5, 5.41) is 10.2. The Hall–Kier alpha value is -2.82. The summed E-state index contributed by atoms with van der Waals surface area (Å²) in [5.41, 5.74) is 3.50. The number of aromatic hydroxyl groups is 1. The van der Waals surface area contributed by atoms with E-state index in [1.165, 1.54) is 0 Å². The molecule has 0 atom stereocenters. The van der Waals surface area contributed by atoms with Crippen LogP contribution in [0.4, 0.5) is 11.6 Å². The van der Waals surface area contributed by atoms with Gasteiger partial charge in [-0.1, -0.05) is 12.1 Å². The second-order valence-electron chi connectivity index (χ2n) is 5.25. The molecule has 0 saturated carbocycles. The molecule has 2 aromatic carbocycles. The molecule has 1 heterocycles. The number of H-pyrrole nitrogens is 1. The maximum atomic E-state index is 10.2. The monoisotopic (exact) mass is 308 g/mol. The van der Waals surface area contributed by atoms with E-state index in [-0.39, 0.29) is 5.75 Å². The molecule has 3 rings (SSSR count). The van der Waals surface area contributed by atoms with Crippen molar-refractivity contribution in [3.05, 3.63) is 48.0 Å². The van der Waals surface area contributed by atoms with Gasteiger partial charge in [-0.05, 0) is 38.1 Å². The number of aromatic amines is 1. The molecule has 0 spiro atoms. The average molecular weight is 308 g/mol. The highest BCUT2D eigenvalue weighted by molar-refractivity contribution is 5.86. The van der Waals surface area contributed by atoms with Gasteiger partial charge in [0, 0.05) is 36.6 Å². The lowest BCUT2D eigenvalue weighted by Gasteiger charge is -2.21. The summed E-state index contributed by atoms with van der Waals surface area (Å²) in [5.74, 6) is 0.743. The third-order valence-corrected chi connectivity index (χ3v) is 3.85. The second-order valence-corrected chi connectivity index (χ2v) is 5.25. The summed E-state index contributed by atoms with van der Waals surface area (Å²) in [6.07, 6.45) is 1.62. The van der Waals surface area contributed by atoms with Crippen molar-refractivity contribution in [2.45, 2.75) is 13.8 Å². The van der Waals surface area contributed by atoms with E-state index in [1.807, 2.05) is 36.4 Å². The lowest BCUT2D eigenvalue weighted by molar-refractivity contribution is 0.474. The maximum absolute atomic E-state index is 10.2. The minimum Gasteiger partial charge on any atom is -0.507 e. The fraction of sp³-hybridized carbons (Fsp3) is 0.222. The van der Waals surface area contributed by atoms with E-state index in [1.54, 1.807) is 12.3 Å². The lowest BCUT2D eigenvalue weighted by atomic mass is 10.2. The van der Waals surface area contributed by atoms with Crippen LogP contribution in [0.1, 0.15) is 19.4 Å². The van der Waals surface area contributed by atoms with Crippen molar-refractivity contribution in [1.82, 2.24) is 9.97 Å². The van der Waals surface area contributed by atoms with Crippen LogP contribution in [0.3, 0.4) is 0 Å². The van der Waals surface area contributed by atoms with Gasteiger partial charge >= 0.3 is 0 Å². The zero-order valence-corrected chi connectivity index (χ0v) is 13.3. The molecule has 0 radical (unpaired) electrons. The number of aromatic nitrogens is 2. The normalized spacial score (nSPS) is 11.4. The molecule has 0 bridgehead atoms. The Labute approximate surface area is 135 Å². The first-order valence-electron chi connectivity index (χ1n) is 7.78. The number of hydrogen-bond donors (Lipinski definition) is 2. The molecular formula is C18H20N4O. The Kier molecular flexibility index (Phi) is 4.28. The van der Waals surface area contributed by atoms with Gasteiger partial charge in [-0.2, -0.15) is 0 Å². The van der Waals surface area contributed by atoms with E-state index in [2.05, 4.69) is 33.7 Å². The Bertz CT molecular complexity index is 801. The van der Waals surface area contributed by atoms with E-state index < -0.39 is 0 Å². The minimum atomic E-state index is 0.217. The van der Waals surface area contributed by atoms with E-state index in [0.717, 1.165) is 29.8 Å². The molecule has 1 aromatic heterocycles. The molecule has 0 amide bonds. The van der Waals surface area contributed by atoms with Crippen molar-refractivity contribution in [2.24, 2.45) is 4.99 Å². The Morgan fingerprint density at radius 2 is 1.96 bits per heavy atom. The number of anilines is 1. The van der Waals surface area contributed by atoms with Crippen LogP contribution in [-0.4, -0.2) is 34.4 Å². The molecule has 0 aliphatic carbocycles. The molecule has 0 unspecified atom stereocenters.